The number of ether oxygens (including phenoxy) is 4. The lowest BCUT2D eigenvalue weighted by atomic mass is 10.0. The lowest BCUT2D eigenvalue weighted by Crippen LogP contribution is -2.56. The van der Waals surface area contributed by atoms with Gasteiger partial charge in [0.15, 0.2) is 0 Å². The second kappa shape index (κ2) is 39.0. The summed E-state index contributed by atoms with van der Waals surface area (Å²) in [6.45, 7) is 13.4. The number of carboxylic acids is 1. The van der Waals surface area contributed by atoms with Crippen LogP contribution in [-0.4, -0.2) is 130 Å². The quantitative estimate of drug-likeness (QED) is 0.0211. The van der Waals surface area contributed by atoms with Gasteiger partial charge in [-0.1, -0.05) is 138 Å². The van der Waals surface area contributed by atoms with Crippen molar-refractivity contribution in [3.8, 4) is 0 Å². The first-order valence-electron chi connectivity index (χ1n) is 30.2. The SMILES string of the molecule is C.C.C.C1CCOC1.C1CCOC1.CC(C)(NC(=O)[C@@H](Cc1c[nH]c2ccccc12)NC=O)C(=O)O.CC(C)(NC(=O)[C@@H](Cc1c[nH]c2ccccc12)NC=O)C(=O)OCc1ccccc1.CC(C)(NC(=O)[C@H](N)Cc1c[nH]c2ccccc12)C(=O)OCc1ccccc1. The Morgan fingerprint density at radius 2 is 0.787 bits per heavy atom. The van der Waals surface area contributed by atoms with Gasteiger partial charge in [-0.25, -0.2) is 14.4 Å². The number of nitrogens with one attached hydrogen (secondary N) is 8. The molecule has 22 nitrogen and oxygen atoms in total. The van der Waals surface area contributed by atoms with Crippen molar-refractivity contribution < 1.29 is 62.4 Å². The third-order valence-corrected chi connectivity index (χ3v) is 14.8. The maximum Gasteiger partial charge on any atom is 0.331 e. The Morgan fingerprint density at radius 1 is 0.479 bits per heavy atom. The van der Waals surface area contributed by atoms with Gasteiger partial charge in [0.1, 0.15) is 41.9 Å². The Balaban J connectivity index is 0.000000337. The molecule has 0 spiro atoms. The minimum Gasteiger partial charge on any atom is -0.480 e. The van der Waals surface area contributed by atoms with Gasteiger partial charge >= 0.3 is 17.9 Å². The highest BCUT2D eigenvalue weighted by Gasteiger charge is 2.36. The van der Waals surface area contributed by atoms with Crippen LogP contribution in [0.4, 0.5) is 0 Å². The van der Waals surface area contributed by atoms with Gasteiger partial charge in [0.25, 0.3) is 0 Å². The summed E-state index contributed by atoms with van der Waals surface area (Å²) in [5.74, 6) is -3.63. The van der Waals surface area contributed by atoms with Gasteiger partial charge in [-0.3, -0.25) is 24.0 Å². The molecule has 0 saturated carbocycles. The second-order valence-electron chi connectivity index (χ2n) is 23.4. The number of para-hydroxylation sites is 3. The van der Waals surface area contributed by atoms with Crippen LogP contribution in [0.2, 0.25) is 0 Å². The Bertz CT molecular complexity index is 3600. The highest BCUT2D eigenvalue weighted by Crippen LogP contribution is 2.23. The van der Waals surface area contributed by atoms with Crippen LogP contribution < -0.4 is 32.3 Å². The number of benzene rings is 5. The summed E-state index contributed by atoms with van der Waals surface area (Å²) in [7, 11) is 0. The molecule has 2 aliphatic heterocycles. The van der Waals surface area contributed by atoms with Crippen molar-refractivity contribution in [3.63, 3.8) is 0 Å². The number of hydrogen-bond acceptors (Lipinski definition) is 13. The molecule has 2 fully saturated rings. The number of carbonyl (C=O) groups is 8. The summed E-state index contributed by atoms with van der Waals surface area (Å²) in [6, 6.07) is 39.4. The number of carbonyl (C=O) groups excluding carboxylic acids is 7. The molecule has 0 aliphatic carbocycles. The molecule has 8 aromatic rings. The molecule has 0 bridgehead atoms. The van der Waals surface area contributed by atoms with Crippen LogP contribution in [0.3, 0.4) is 0 Å². The molecule has 11 N–H and O–H groups in total. The first-order chi connectivity index (χ1) is 43.6. The topological polar surface area (TPSA) is 327 Å². The monoisotopic (exact) mass is 1300 g/mol. The summed E-state index contributed by atoms with van der Waals surface area (Å²) >= 11 is 0. The van der Waals surface area contributed by atoms with Gasteiger partial charge in [0.2, 0.25) is 30.5 Å². The van der Waals surface area contributed by atoms with E-state index in [1.807, 2.05) is 146 Å². The van der Waals surface area contributed by atoms with E-state index in [0.29, 0.717) is 19.2 Å². The summed E-state index contributed by atoms with van der Waals surface area (Å²) < 4.78 is 20.6. The number of carboxylic acid groups (broad SMARTS) is 1. The molecule has 10 rings (SSSR count). The smallest absolute Gasteiger partial charge is 0.331 e. The van der Waals surface area contributed by atoms with Crippen LogP contribution >= 0.6 is 0 Å². The molecule has 0 unspecified atom stereocenters. The highest BCUT2D eigenvalue weighted by molar-refractivity contribution is 5.94. The van der Waals surface area contributed by atoms with E-state index in [4.69, 9.17) is 29.8 Å². The molecule has 3 aromatic heterocycles. The van der Waals surface area contributed by atoms with E-state index in [2.05, 4.69) is 41.5 Å². The molecule has 94 heavy (non-hydrogen) atoms. The highest BCUT2D eigenvalue weighted by atomic mass is 16.5. The van der Waals surface area contributed by atoms with Crippen molar-refractivity contribution in [2.75, 3.05) is 26.4 Å². The molecule has 5 aromatic carbocycles. The molecule has 2 saturated heterocycles. The standard InChI is InChI=1S/C23H25N3O4.C22H25N3O3.C16H19N3O4.2C4H8O.3CH4/c1-23(2,22(29)30-14-16-8-4-3-5-9-16)26-21(28)20(25-15-27)12-17-13-24-19-11-7-6-10-18(17)19;1-22(2,21(27)28-14-15-8-4-3-5-9-15)25-20(26)18(23)12-16-13-24-19-11-7-6-10-17(16)19;1-16(2,15(22)23)19-14(21)13(18-9-20)7-10-8-17-12-6-4-3-5-11(10)12;2*1-2-4-5-3-1;;;/h3-11,13,15,20,24H,12,14H2,1-2H3,(H,25,27)(H,26,28);3-11,13,18,24H,12,14,23H2,1-2H3,(H,25,26);3-6,8-9,13,17H,7H2,1-2H3,(H,18,20)(H,19,21)(H,22,23);2*1-4H2;3*1H4/t20-;18-;13-;;;;;/m111...../s1. The third-order valence-electron chi connectivity index (χ3n) is 14.8. The zero-order chi connectivity index (χ0) is 65.8. The molecule has 22 heteroatoms. The predicted molar refractivity (Wildman–Crippen MR) is 367 cm³/mol. The summed E-state index contributed by atoms with van der Waals surface area (Å²) in [5, 5.41) is 24.9. The van der Waals surface area contributed by atoms with Crippen molar-refractivity contribution >= 4 is 81.2 Å². The van der Waals surface area contributed by atoms with Crippen molar-refractivity contribution in [1.82, 2.24) is 41.5 Å². The van der Waals surface area contributed by atoms with E-state index >= 15 is 0 Å². The van der Waals surface area contributed by atoms with E-state index in [-0.39, 0.29) is 48.3 Å². The number of rotatable bonds is 23. The summed E-state index contributed by atoms with van der Waals surface area (Å²) in [6.07, 6.45) is 12.4. The number of fused-ring (bicyclic) bond motifs is 3. The van der Waals surface area contributed by atoms with E-state index in [1.165, 1.54) is 39.5 Å². The first kappa shape index (κ1) is 78.6. The fraction of sp³-hybridized carbons (Fsp3) is 0.389. The van der Waals surface area contributed by atoms with Crippen LogP contribution in [0.1, 0.15) is 117 Å². The molecular formula is C72H97N9O13. The first-order valence-corrected chi connectivity index (χ1v) is 30.2. The van der Waals surface area contributed by atoms with E-state index in [0.717, 1.165) is 87.0 Å². The largest absolute Gasteiger partial charge is 0.480 e. The molecule has 3 atom stereocenters. The average Bonchev–Trinajstić information content (AvgIpc) is 1.64. The Kier molecular flexibility index (Phi) is 32.6. The van der Waals surface area contributed by atoms with Crippen LogP contribution in [0.15, 0.2) is 152 Å². The molecule has 5 heterocycles. The number of hydrogen-bond donors (Lipinski definition) is 10. The summed E-state index contributed by atoms with van der Waals surface area (Å²) in [4.78, 5) is 105. The number of H-pyrrole nitrogens is 3. The lowest BCUT2D eigenvalue weighted by Gasteiger charge is -2.26. The van der Waals surface area contributed by atoms with Crippen molar-refractivity contribution in [3.05, 3.63) is 180 Å². The Hall–Kier alpha value is -9.64. The number of esters is 2. The van der Waals surface area contributed by atoms with Gasteiger partial charge in [-0.05, 0) is 120 Å². The number of nitrogens with two attached hydrogens (primary N) is 1. The molecule has 2 aliphatic rings. The Morgan fingerprint density at radius 3 is 1.11 bits per heavy atom. The van der Waals surface area contributed by atoms with E-state index in [9.17, 15) is 38.4 Å². The fourth-order valence-electron chi connectivity index (χ4n) is 9.46. The minimum atomic E-state index is -1.42. The number of aliphatic carboxylic acids is 1. The summed E-state index contributed by atoms with van der Waals surface area (Å²) in [5.41, 5.74) is 9.57. The van der Waals surface area contributed by atoms with Crippen molar-refractivity contribution in [1.29, 1.82) is 0 Å². The van der Waals surface area contributed by atoms with Gasteiger partial charge < -0.3 is 71.3 Å². The fourth-order valence-corrected chi connectivity index (χ4v) is 9.46. The zero-order valence-corrected chi connectivity index (χ0v) is 52.4. The average molecular weight is 1300 g/mol. The molecular weight excluding hydrogens is 1200 g/mol. The minimum absolute atomic E-state index is 0. The van der Waals surface area contributed by atoms with Crippen LogP contribution in [0.5, 0.6) is 0 Å². The number of amides is 5. The van der Waals surface area contributed by atoms with Gasteiger partial charge in [0, 0.05) is 90.6 Å². The van der Waals surface area contributed by atoms with Gasteiger partial charge in [0.05, 0.1) is 6.04 Å². The predicted octanol–water partition coefficient (Wildman–Crippen LogP) is 9.45. The van der Waals surface area contributed by atoms with Gasteiger partial charge in [-0.2, -0.15) is 0 Å². The lowest BCUT2D eigenvalue weighted by molar-refractivity contribution is -0.154. The van der Waals surface area contributed by atoms with Crippen molar-refractivity contribution in [2.24, 2.45) is 5.73 Å². The van der Waals surface area contributed by atoms with Crippen LogP contribution in [-0.2, 0) is 89.8 Å². The molecule has 508 valence electrons. The van der Waals surface area contributed by atoms with Gasteiger partial charge in [-0.15, -0.1) is 0 Å². The maximum atomic E-state index is 12.8. The molecule has 0 radical (unpaired) electrons. The third kappa shape index (κ3) is 24.4. The van der Waals surface area contributed by atoms with Crippen LogP contribution in [0.25, 0.3) is 32.7 Å². The van der Waals surface area contributed by atoms with E-state index < -0.39 is 70.4 Å². The van der Waals surface area contributed by atoms with Crippen LogP contribution in [0, 0.1) is 0 Å². The second-order valence-corrected chi connectivity index (χ2v) is 23.4. The molecule has 5 amide bonds. The normalized spacial score (nSPS) is 13.3. The number of aromatic amines is 3. The Labute approximate surface area is 551 Å². The van der Waals surface area contributed by atoms with Crippen molar-refractivity contribution in [2.45, 2.75) is 157 Å². The maximum absolute atomic E-state index is 12.8. The zero-order valence-electron chi connectivity index (χ0n) is 52.4. The van der Waals surface area contributed by atoms with E-state index in [1.54, 1.807) is 33.9 Å². The number of aromatic nitrogens is 3.